The molecular formula is C39H51NO11S2. The van der Waals surface area contributed by atoms with Crippen molar-refractivity contribution >= 4 is 33.8 Å². The van der Waals surface area contributed by atoms with Gasteiger partial charge in [-0.1, -0.05) is 24.6 Å². The molecule has 7 fully saturated rings. The Labute approximate surface area is 315 Å². The second kappa shape index (κ2) is 12.5. The van der Waals surface area contributed by atoms with Crippen molar-refractivity contribution in [3.8, 4) is 0 Å². The van der Waals surface area contributed by atoms with Gasteiger partial charge < -0.3 is 34.5 Å². The summed E-state index contributed by atoms with van der Waals surface area (Å²) in [6.45, 7) is 6.30. The maximum Gasteiger partial charge on any atom is 0.331 e. The maximum absolute atomic E-state index is 13.9. The Morgan fingerprint density at radius 1 is 1.02 bits per heavy atom. The summed E-state index contributed by atoms with van der Waals surface area (Å²) < 4.78 is 58.9. The van der Waals surface area contributed by atoms with Gasteiger partial charge in [0.25, 0.3) is 15.9 Å². The Morgan fingerprint density at radius 3 is 2.51 bits per heavy atom. The number of nitrogens with one attached hydrogen (secondary N) is 1. The third-order valence-corrected chi connectivity index (χ3v) is 18.0. The number of carbonyl (C=O) groups excluding carboxylic acids is 2. The number of amides is 1. The van der Waals surface area contributed by atoms with E-state index in [-0.39, 0.29) is 70.9 Å². The number of esters is 1. The second-order valence-electron chi connectivity index (χ2n) is 17.6. The fourth-order valence-electron chi connectivity index (χ4n) is 12.8. The molecule has 13 atom stereocenters. The van der Waals surface area contributed by atoms with Gasteiger partial charge in [-0.25, -0.2) is 4.79 Å². The summed E-state index contributed by atoms with van der Waals surface area (Å²) in [6, 6.07) is 6.66. The van der Waals surface area contributed by atoms with E-state index in [0.717, 1.165) is 49.7 Å². The SMILES string of the molecule is Cc1ccc(S(=O)(=O)OC[C@]23C[C@H]4OC5(O)[C@@H](O[C@H](C)C[C@@]56NC(=O)CS6)O[C@@H]4C[C@@H]2CC[C@@H]2[C@@H]3CC[C@]3(C)[C@@H](C4=CC(=O)OC4)CC[C@]23CO)cc1. The average molecular weight is 774 g/mol. The quantitative estimate of drug-likeness (QED) is 0.217. The third-order valence-electron chi connectivity index (χ3n) is 15.3. The highest BCUT2D eigenvalue weighted by Gasteiger charge is 2.73. The van der Waals surface area contributed by atoms with E-state index in [1.54, 1.807) is 30.3 Å². The lowest BCUT2D eigenvalue weighted by Gasteiger charge is -2.67. The van der Waals surface area contributed by atoms with E-state index in [9.17, 15) is 28.2 Å². The van der Waals surface area contributed by atoms with Gasteiger partial charge in [-0.3, -0.25) is 8.98 Å². The number of ether oxygens (including phenoxy) is 4. The topological polar surface area (TPSA) is 167 Å². The lowest BCUT2D eigenvalue weighted by molar-refractivity contribution is -0.449. The monoisotopic (exact) mass is 773 g/mol. The minimum atomic E-state index is -4.13. The predicted molar refractivity (Wildman–Crippen MR) is 191 cm³/mol. The van der Waals surface area contributed by atoms with Crippen LogP contribution in [0, 0.1) is 46.8 Å². The average Bonchev–Trinajstić information content (AvgIpc) is 3.81. The molecule has 3 N–H and O–H groups in total. The Bertz CT molecular complexity index is 1820. The molecule has 1 aromatic rings. The maximum atomic E-state index is 13.9. The summed E-state index contributed by atoms with van der Waals surface area (Å²) in [7, 11) is -4.13. The van der Waals surface area contributed by atoms with Crippen LogP contribution in [0.3, 0.4) is 0 Å². The zero-order chi connectivity index (χ0) is 37.2. The first kappa shape index (κ1) is 36.6. The summed E-state index contributed by atoms with van der Waals surface area (Å²) in [6.07, 6.45) is 5.33. The molecule has 1 amide bonds. The number of cyclic esters (lactones) is 1. The summed E-state index contributed by atoms with van der Waals surface area (Å²) in [4.78, 5) is 23.8. The van der Waals surface area contributed by atoms with E-state index in [0.29, 0.717) is 25.9 Å². The molecule has 0 radical (unpaired) electrons. The van der Waals surface area contributed by atoms with Crippen molar-refractivity contribution in [2.45, 2.75) is 119 Å². The molecule has 4 heterocycles. The summed E-state index contributed by atoms with van der Waals surface area (Å²) >= 11 is 1.31. The van der Waals surface area contributed by atoms with Crippen LogP contribution in [-0.2, 0) is 42.8 Å². The van der Waals surface area contributed by atoms with Gasteiger partial charge in [0.1, 0.15) is 11.5 Å². The van der Waals surface area contributed by atoms with E-state index in [2.05, 4.69) is 12.2 Å². The summed E-state index contributed by atoms with van der Waals surface area (Å²) in [5, 5.41) is 27.0. The van der Waals surface area contributed by atoms with Gasteiger partial charge in [0, 0.05) is 29.9 Å². The minimum absolute atomic E-state index is 0.00538. The Kier molecular flexibility index (Phi) is 8.62. The number of carbonyl (C=O) groups is 2. The van der Waals surface area contributed by atoms with Crippen molar-refractivity contribution in [3.05, 3.63) is 41.5 Å². The number of hydrogen-bond acceptors (Lipinski definition) is 12. The van der Waals surface area contributed by atoms with Gasteiger partial charge in [0.2, 0.25) is 12.2 Å². The van der Waals surface area contributed by atoms with E-state index < -0.39 is 50.1 Å². The van der Waals surface area contributed by atoms with Gasteiger partial charge in [-0.15, -0.1) is 11.8 Å². The molecule has 14 heteroatoms. The van der Waals surface area contributed by atoms with Crippen molar-refractivity contribution in [1.82, 2.24) is 5.32 Å². The van der Waals surface area contributed by atoms with Crippen molar-refractivity contribution in [2.75, 3.05) is 25.6 Å². The molecule has 3 saturated heterocycles. The Hall–Kier alpha value is -2.04. The smallest absolute Gasteiger partial charge is 0.331 e. The van der Waals surface area contributed by atoms with E-state index >= 15 is 0 Å². The molecule has 9 rings (SSSR count). The van der Waals surface area contributed by atoms with Crippen LogP contribution in [0.2, 0.25) is 0 Å². The zero-order valence-corrected chi connectivity index (χ0v) is 32.2. The Balaban J connectivity index is 1.09. The fraction of sp³-hybridized carbons (Fsp3) is 0.744. The van der Waals surface area contributed by atoms with Crippen LogP contribution < -0.4 is 5.32 Å². The van der Waals surface area contributed by atoms with Gasteiger partial charge in [-0.2, -0.15) is 8.42 Å². The molecule has 0 aromatic heterocycles. The van der Waals surface area contributed by atoms with Crippen LogP contribution in [0.1, 0.15) is 77.2 Å². The van der Waals surface area contributed by atoms with Crippen LogP contribution in [0.5, 0.6) is 0 Å². The highest BCUT2D eigenvalue weighted by molar-refractivity contribution is 8.01. The minimum Gasteiger partial charge on any atom is -0.458 e. The first-order valence-electron chi connectivity index (χ1n) is 19.3. The highest BCUT2D eigenvalue weighted by atomic mass is 32.2. The van der Waals surface area contributed by atoms with Gasteiger partial charge in [0.15, 0.2) is 0 Å². The third kappa shape index (κ3) is 5.25. The molecule has 290 valence electrons. The van der Waals surface area contributed by atoms with E-state index in [1.165, 1.54) is 11.8 Å². The predicted octanol–water partition coefficient (Wildman–Crippen LogP) is 3.96. The highest BCUT2D eigenvalue weighted by Crippen LogP contribution is 2.74. The van der Waals surface area contributed by atoms with Gasteiger partial charge in [0.05, 0.1) is 35.6 Å². The van der Waals surface area contributed by atoms with E-state index in [4.69, 9.17) is 23.1 Å². The standard InChI is InChI=1S/C39H51NO11S2/c1-22-4-7-26(8-5-22)53(45,46)48-21-36-17-31-30(50-34-39(44,51-31)38(16-23(2)49-34)40-32(42)19-52-38)15-25(36)6-9-29-28(36)10-12-35(3)27(11-13-37(29,35)20-41)24-14-33(43)47-18-24/h4-5,7-8,14,23,25,27-31,34,41,44H,6,9-13,15-21H2,1-3H3,(H,40,42)/t23-,25+,27-,28+,29-,30-,31-,34+,35-,36-,37+,38+,39?/m1/s1. The molecule has 1 spiro atoms. The summed E-state index contributed by atoms with van der Waals surface area (Å²) in [5.74, 6) is -2.12. The molecule has 4 saturated carbocycles. The number of fused-ring (bicyclic) bond motifs is 8. The Morgan fingerprint density at radius 2 is 1.81 bits per heavy atom. The van der Waals surface area contributed by atoms with E-state index in [1.807, 2.05) is 13.8 Å². The molecule has 53 heavy (non-hydrogen) atoms. The first-order valence-corrected chi connectivity index (χ1v) is 21.7. The number of hydrogen-bond donors (Lipinski definition) is 3. The fourth-order valence-corrected chi connectivity index (χ4v) is 15.1. The number of aliphatic hydroxyl groups is 2. The number of thioether (sulfide) groups is 1. The van der Waals surface area contributed by atoms with Crippen molar-refractivity contribution in [3.63, 3.8) is 0 Å². The van der Waals surface area contributed by atoms with Gasteiger partial charge in [-0.05, 0) is 112 Å². The van der Waals surface area contributed by atoms with Crippen molar-refractivity contribution in [1.29, 1.82) is 0 Å². The number of rotatable bonds is 6. The number of benzene rings is 1. The lowest BCUT2D eigenvalue weighted by atomic mass is 9.39. The normalized spacial score (nSPS) is 47.5. The zero-order valence-electron chi connectivity index (χ0n) is 30.6. The molecule has 12 nitrogen and oxygen atoms in total. The van der Waals surface area contributed by atoms with Crippen LogP contribution >= 0.6 is 11.8 Å². The summed E-state index contributed by atoms with van der Waals surface area (Å²) in [5.41, 5.74) is 0.524. The molecule has 0 bridgehead atoms. The van der Waals surface area contributed by atoms with Crippen LogP contribution in [-0.4, -0.2) is 91.3 Å². The van der Waals surface area contributed by atoms with Crippen LogP contribution in [0.15, 0.2) is 40.8 Å². The second-order valence-corrected chi connectivity index (χ2v) is 20.4. The van der Waals surface area contributed by atoms with Crippen molar-refractivity contribution < 1.29 is 51.4 Å². The molecule has 1 aromatic carbocycles. The molecule has 4 aliphatic heterocycles. The molecule has 1 unspecified atom stereocenters. The first-order chi connectivity index (χ1) is 25.2. The number of aryl methyl sites for hydroxylation is 1. The van der Waals surface area contributed by atoms with Crippen LogP contribution in [0.25, 0.3) is 0 Å². The number of aliphatic hydroxyl groups excluding tert-OH is 1. The largest absolute Gasteiger partial charge is 0.458 e. The molecule has 8 aliphatic rings. The van der Waals surface area contributed by atoms with Crippen molar-refractivity contribution in [2.24, 2.45) is 39.9 Å². The van der Waals surface area contributed by atoms with Gasteiger partial charge >= 0.3 is 5.97 Å². The molecular weight excluding hydrogens is 723 g/mol. The van der Waals surface area contributed by atoms with Crippen LogP contribution in [0.4, 0.5) is 0 Å². The molecule has 4 aliphatic carbocycles. The lowest BCUT2D eigenvalue weighted by Crippen LogP contribution is -2.76.